The number of nitrogens with zero attached hydrogens (tertiary/aromatic N) is 1. The monoisotopic (exact) mass is 440 g/mol. The lowest BCUT2D eigenvalue weighted by Crippen LogP contribution is -2.43. The molecule has 2 rings (SSSR count). The van der Waals surface area contributed by atoms with Gasteiger partial charge in [0.1, 0.15) is 23.1 Å². The first-order valence-electron chi connectivity index (χ1n) is 8.20. The number of amides is 1. The van der Waals surface area contributed by atoms with Crippen LogP contribution >= 0.6 is 27.5 Å². The van der Waals surface area contributed by atoms with Gasteiger partial charge >= 0.3 is 6.09 Å². The van der Waals surface area contributed by atoms with E-state index in [1.807, 2.05) is 51.1 Å². The van der Waals surface area contributed by atoms with Gasteiger partial charge in [-0.25, -0.2) is 9.78 Å². The third-order valence-corrected chi connectivity index (χ3v) is 4.40. The number of alkyl carbamates (subject to hydrolysis) is 1. The molecule has 26 heavy (non-hydrogen) atoms. The van der Waals surface area contributed by atoms with E-state index >= 15 is 0 Å². The summed E-state index contributed by atoms with van der Waals surface area (Å²) in [7, 11) is 0. The molecule has 0 aliphatic carbocycles. The van der Waals surface area contributed by atoms with E-state index in [0.717, 1.165) is 5.56 Å². The smallest absolute Gasteiger partial charge is 0.408 e. The second-order valence-corrected chi connectivity index (χ2v) is 8.00. The lowest BCUT2D eigenvalue weighted by Gasteiger charge is -2.24. The molecular formula is C19H22BrClN2O3. The highest BCUT2D eigenvalue weighted by molar-refractivity contribution is 9.10. The Morgan fingerprint density at radius 3 is 2.62 bits per heavy atom. The zero-order chi connectivity index (χ0) is 19.2. The molecule has 0 saturated heterocycles. The molecule has 0 saturated carbocycles. The van der Waals surface area contributed by atoms with E-state index in [1.54, 1.807) is 12.3 Å². The first kappa shape index (κ1) is 20.5. The zero-order valence-corrected chi connectivity index (χ0v) is 17.3. The van der Waals surface area contributed by atoms with Gasteiger partial charge in [-0.05, 0) is 54.8 Å². The molecule has 1 aromatic heterocycles. The fourth-order valence-electron chi connectivity index (χ4n) is 2.20. The minimum Gasteiger partial charge on any atom is -0.490 e. The predicted octanol–water partition coefficient (Wildman–Crippen LogP) is 5.01. The summed E-state index contributed by atoms with van der Waals surface area (Å²) in [5.74, 6) is 0.560. The summed E-state index contributed by atoms with van der Waals surface area (Å²) in [4.78, 5) is 16.2. The average molecular weight is 442 g/mol. The van der Waals surface area contributed by atoms with Crippen LogP contribution in [0.1, 0.15) is 26.3 Å². The first-order chi connectivity index (χ1) is 12.2. The molecule has 1 N–H and O–H groups in total. The number of ether oxygens (including phenoxy) is 2. The van der Waals surface area contributed by atoms with E-state index in [9.17, 15) is 4.79 Å². The van der Waals surface area contributed by atoms with Gasteiger partial charge in [-0.1, -0.05) is 41.9 Å². The maximum Gasteiger partial charge on any atom is 0.408 e. The predicted molar refractivity (Wildman–Crippen MR) is 106 cm³/mol. The normalized spacial score (nSPS) is 12.3. The second-order valence-electron chi connectivity index (χ2n) is 6.79. The molecule has 0 unspecified atom stereocenters. The van der Waals surface area contributed by atoms with Crippen LogP contribution in [0.5, 0.6) is 5.75 Å². The van der Waals surface area contributed by atoms with E-state index in [0.29, 0.717) is 21.8 Å². The zero-order valence-electron chi connectivity index (χ0n) is 15.0. The lowest BCUT2D eigenvalue weighted by atomic mass is 10.1. The highest BCUT2D eigenvalue weighted by atomic mass is 79.9. The van der Waals surface area contributed by atoms with Crippen LogP contribution in [0.25, 0.3) is 0 Å². The van der Waals surface area contributed by atoms with Crippen LogP contribution in [0.2, 0.25) is 5.15 Å². The Hall–Kier alpha value is -1.79. The van der Waals surface area contributed by atoms with Crippen molar-refractivity contribution in [2.24, 2.45) is 0 Å². The Balaban J connectivity index is 2.04. The summed E-state index contributed by atoms with van der Waals surface area (Å²) in [6, 6.07) is 11.4. The summed E-state index contributed by atoms with van der Waals surface area (Å²) < 4.78 is 11.8. The molecule has 0 spiro atoms. The Kier molecular flexibility index (Phi) is 7.29. The Morgan fingerprint density at radius 2 is 2.00 bits per heavy atom. The van der Waals surface area contributed by atoms with Crippen molar-refractivity contribution in [1.29, 1.82) is 0 Å². The van der Waals surface area contributed by atoms with Gasteiger partial charge in [0.25, 0.3) is 0 Å². The SMILES string of the molecule is CC(C)(C)OC(=O)N[C@H](COc1cnc(Cl)c(Br)c1)Cc1ccccc1. The minimum atomic E-state index is -0.562. The van der Waals surface area contributed by atoms with Gasteiger partial charge in [0.15, 0.2) is 0 Å². The van der Waals surface area contributed by atoms with Crippen LogP contribution in [0.4, 0.5) is 4.79 Å². The van der Waals surface area contributed by atoms with E-state index < -0.39 is 11.7 Å². The van der Waals surface area contributed by atoms with Crippen molar-refractivity contribution < 1.29 is 14.3 Å². The Morgan fingerprint density at radius 1 is 1.31 bits per heavy atom. The van der Waals surface area contributed by atoms with E-state index in [2.05, 4.69) is 26.2 Å². The van der Waals surface area contributed by atoms with Gasteiger partial charge in [-0.3, -0.25) is 0 Å². The summed E-state index contributed by atoms with van der Waals surface area (Å²) in [5.41, 5.74) is 0.528. The molecule has 0 radical (unpaired) electrons. The highest BCUT2D eigenvalue weighted by Crippen LogP contribution is 2.24. The van der Waals surface area contributed by atoms with Crippen molar-refractivity contribution in [3.63, 3.8) is 0 Å². The van der Waals surface area contributed by atoms with Gasteiger partial charge in [0, 0.05) is 0 Å². The third-order valence-electron chi connectivity index (χ3n) is 3.27. The summed E-state index contributed by atoms with van der Waals surface area (Å²) in [5, 5.41) is 3.24. The molecule has 0 aliphatic heterocycles. The van der Waals surface area contributed by atoms with Crippen molar-refractivity contribution >= 4 is 33.6 Å². The molecule has 1 atom stereocenters. The van der Waals surface area contributed by atoms with Crippen LogP contribution in [-0.4, -0.2) is 29.3 Å². The summed E-state index contributed by atoms with van der Waals surface area (Å²) in [6.45, 7) is 5.74. The quantitative estimate of drug-likeness (QED) is 0.640. The average Bonchev–Trinajstić information content (AvgIpc) is 2.55. The van der Waals surface area contributed by atoms with E-state index in [-0.39, 0.29) is 12.6 Å². The topological polar surface area (TPSA) is 60.5 Å². The van der Waals surface area contributed by atoms with Crippen molar-refractivity contribution in [3.05, 3.63) is 57.8 Å². The van der Waals surface area contributed by atoms with Crippen LogP contribution in [0.3, 0.4) is 0 Å². The summed E-state index contributed by atoms with van der Waals surface area (Å²) >= 11 is 9.21. The van der Waals surface area contributed by atoms with Crippen molar-refractivity contribution in [3.8, 4) is 5.75 Å². The molecule has 1 aromatic carbocycles. The number of nitrogens with one attached hydrogen (secondary N) is 1. The highest BCUT2D eigenvalue weighted by Gasteiger charge is 2.20. The molecular weight excluding hydrogens is 420 g/mol. The van der Waals surface area contributed by atoms with Gasteiger partial charge in [-0.2, -0.15) is 0 Å². The third kappa shape index (κ3) is 7.22. The standard InChI is InChI=1S/C19H22BrClN2O3/c1-19(2,3)26-18(24)23-14(9-13-7-5-4-6-8-13)12-25-15-10-16(20)17(21)22-11-15/h4-8,10-11,14H,9,12H2,1-3H3,(H,23,24)/t14-/m0/s1. The number of pyridine rings is 1. The fourth-order valence-corrected chi connectivity index (χ4v) is 2.64. The number of benzene rings is 1. The second kappa shape index (κ2) is 9.24. The first-order valence-corrected chi connectivity index (χ1v) is 9.37. The molecule has 5 nitrogen and oxygen atoms in total. The van der Waals surface area contributed by atoms with Gasteiger partial charge in [0.2, 0.25) is 0 Å². The number of rotatable bonds is 6. The van der Waals surface area contributed by atoms with Crippen LogP contribution in [0, 0.1) is 0 Å². The van der Waals surface area contributed by atoms with Crippen LogP contribution in [-0.2, 0) is 11.2 Å². The van der Waals surface area contributed by atoms with Crippen molar-refractivity contribution in [2.75, 3.05) is 6.61 Å². The molecule has 0 aliphatic rings. The molecule has 140 valence electrons. The van der Waals surface area contributed by atoms with Gasteiger partial charge in [-0.15, -0.1) is 0 Å². The number of hydrogen-bond donors (Lipinski definition) is 1. The number of carbonyl (C=O) groups is 1. The lowest BCUT2D eigenvalue weighted by molar-refractivity contribution is 0.0488. The van der Waals surface area contributed by atoms with Gasteiger partial charge in [0.05, 0.1) is 16.7 Å². The fraction of sp³-hybridized carbons (Fsp3) is 0.368. The number of hydrogen-bond acceptors (Lipinski definition) is 4. The summed E-state index contributed by atoms with van der Waals surface area (Å²) in [6.07, 6.45) is 1.68. The molecule has 7 heteroatoms. The van der Waals surface area contributed by atoms with Gasteiger partial charge < -0.3 is 14.8 Å². The van der Waals surface area contributed by atoms with E-state index in [4.69, 9.17) is 21.1 Å². The number of carbonyl (C=O) groups excluding carboxylic acids is 1. The molecule has 0 bridgehead atoms. The minimum absolute atomic E-state index is 0.262. The molecule has 0 fully saturated rings. The van der Waals surface area contributed by atoms with Crippen LogP contribution < -0.4 is 10.1 Å². The Bertz CT molecular complexity index is 735. The molecule has 2 aromatic rings. The largest absolute Gasteiger partial charge is 0.490 e. The maximum atomic E-state index is 12.1. The Labute approximate surface area is 167 Å². The number of aromatic nitrogens is 1. The van der Waals surface area contributed by atoms with E-state index in [1.165, 1.54) is 0 Å². The maximum absolute atomic E-state index is 12.1. The number of halogens is 2. The van der Waals surface area contributed by atoms with Crippen molar-refractivity contribution in [2.45, 2.75) is 38.8 Å². The van der Waals surface area contributed by atoms with Crippen molar-refractivity contribution in [1.82, 2.24) is 10.3 Å². The molecule has 1 amide bonds. The van der Waals surface area contributed by atoms with Crippen LogP contribution in [0.15, 0.2) is 47.1 Å². The molecule has 1 heterocycles.